The van der Waals surface area contributed by atoms with Gasteiger partial charge in [-0.3, -0.25) is 4.90 Å². The number of aliphatic hydroxyl groups excluding tert-OH is 1. The first kappa shape index (κ1) is 16.2. The summed E-state index contributed by atoms with van der Waals surface area (Å²) in [6.45, 7) is 7.52. The lowest BCUT2D eigenvalue weighted by molar-refractivity contribution is 0.175. The molecule has 5 heteroatoms. The van der Waals surface area contributed by atoms with Crippen LogP contribution in [0.1, 0.15) is 13.3 Å². The summed E-state index contributed by atoms with van der Waals surface area (Å²) in [5.41, 5.74) is 0.694. The molecule has 0 aliphatic carbocycles. The Morgan fingerprint density at radius 2 is 1.95 bits per heavy atom. The van der Waals surface area contributed by atoms with E-state index in [1.54, 1.807) is 6.07 Å². The number of nitrogens with one attached hydrogen (secondary N) is 1. The molecule has 1 aromatic rings. The van der Waals surface area contributed by atoms with Gasteiger partial charge in [-0.2, -0.15) is 0 Å². The molecule has 21 heavy (non-hydrogen) atoms. The molecule has 0 radical (unpaired) electrons. The minimum atomic E-state index is -0.149. The molecular weight excluding hydrogens is 269 g/mol. The van der Waals surface area contributed by atoms with E-state index in [-0.39, 0.29) is 18.5 Å². The minimum absolute atomic E-state index is 0.130. The number of rotatable bonds is 7. The van der Waals surface area contributed by atoms with Gasteiger partial charge in [-0.25, -0.2) is 4.39 Å². The van der Waals surface area contributed by atoms with Gasteiger partial charge in [0.15, 0.2) is 0 Å². The van der Waals surface area contributed by atoms with E-state index in [2.05, 4.69) is 22.0 Å². The molecule has 1 aliphatic rings. The third-order valence-corrected chi connectivity index (χ3v) is 3.95. The molecule has 1 aliphatic heterocycles. The van der Waals surface area contributed by atoms with Crippen molar-refractivity contribution in [1.82, 2.24) is 10.2 Å². The van der Waals surface area contributed by atoms with Gasteiger partial charge in [0, 0.05) is 38.8 Å². The van der Waals surface area contributed by atoms with E-state index in [9.17, 15) is 9.50 Å². The second-order valence-electron chi connectivity index (χ2n) is 5.57. The summed E-state index contributed by atoms with van der Waals surface area (Å²) >= 11 is 0. The van der Waals surface area contributed by atoms with Crippen LogP contribution in [0.5, 0.6) is 0 Å². The van der Waals surface area contributed by atoms with Crippen molar-refractivity contribution in [1.29, 1.82) is 0 Å². The van der Waals surface area contributed by atoms with E-state index in [1.165, 1.54) is 6.07 Å². The molecule has 0 bridgehead atoms. The molecule has 1 fully saturated rings. The first-order valence-electron chi connectivity index (χ1n) is 7.80. The molecule has 0 saturated carbocycles. The van der Waals surface area contributed by atoms with Crippen LogP contribution in [-0.4, -0.2) is 61.9 Å². The molecule has 1 heterocycles. The van der Waals surface area contributed by atoms with E-state index < -0.39 is 0 Å². The summed E-state index contributed by atoms with van der Waals surface area (Å²) in [6.07, 6.45) is 1.07. The molecule has 0 spiro atoms. The molecule has 1 saturated heterocycles. The zero-order valence-corrected chi connectivity index (χ0v) is 12.8. The first-order valence-corrected chi connectivity index (χ1v) is 7.80. The van der Waals surface area contributed by atoms with Crippen LogP contribution >= 0.6 is 0 Å². The molecule has 1 unspecified atom stereocenters. The summed E-state index contributed by atoms with van der Waals surface area (Å²) in [5.74, 6) is -0.149. The average molecular weight is 295 g/mol. The highest BCUT2D eigenvalue weighted by Crippen LogP contribution is 2.20. The van der Waals surface area contributed by atoms with E-state index in [1.807, 2.05) is 12.1 Å². The molecule has 1 atom stereocenters. The Bertz CT molecular complexity index is 422. The highest BCUT2D eigenvalue weighted by Gasteiger charge is 2.21. The third-order valence-electron chi connectivity index (χ3n) is 3.95. The van der Waals surface area contributed by atoms with E-state index in [0.717, 1.165) is 45.7 Å². The quantitative estimate of drug-likeness (QED) is 0.795. The Labute approximate surface area is 126 Å². The predicted molar refractivity (Wildman–Crippen MR) is 84.2 cm³/mol. The number of piperazine rings is 1. The summed E-state index contributed by atoms with van der Waals surface area (Å²) in [6, 6.07) is 7.08. The van der Waals surface area contributed by atoms with Crippen LogP contribution in [0.4, 0.5) is 10.1 Å². The zero-order chi connectivity index (χ0) is 15.1. The van der Waals surface area contributed by atoms with Crippen molar-refractivity contribution in [2.24, 2.45) is 0 Å². The number of para-hydroxylation sites is 1. The molecule has 0 amide bonds. The molecule has 2 rings (SSSR count). The smallest absolute Gasteiger partial charge is 0.146 e. The number of halogens is 1. The van der Waals surface area contributed by atoms with Gasteiger partial charge in [-0.1, -0.05) is 19.1 Å². The largest absolute Gasteiger partial charge is 0.395 e. The maximum Gasteiger partial charge on any atom is 0.146 e. The average Bonchev–Trinajstić information content (AvgIpc) is 2.52. The number of hydrogen-bond acceptors (Lipinski definition) is 4. The van der Waals surface area contributed by atoms with Crippen LogP contribution < -0.4 is 10.2 Å². The maximum absolute atomic E-state index is 13.8. The monoisotopic (exact) mass is 295 g/mol. The number of benzene rings is 1. The van der Waals surface area contributed by atoms with Crippen molar-refractivity contribution in [3.05, 3.63) is 30.1 Å². The van der Waals surface area contributed by atoms with Crippen molar-refractivity contribution in [3.63, 3.8) is 0 Å². The van der Waals surface area contributed by atoms with Crippen molar-refractivity contribution in [3.8, 4) is 0 Å². The van der Waals surface area contributed by atoms with Gasteiger partial charge in [-0.05, 0) is 25.1 Å². The fourth-order valence-electron chi connectivity index (χ4n) is 2.73. The van der Waals surface area contributed by atoms with Crippen LogP contribution in [-0.2, 0) is 0 Å². The van der Waals surface area contributed by atoms with Crippen LogP contribution in [0.15, 0.2) is 24.3 Å². The van der Waals surface area contributed by atoms with Crippen molar-refractivity contribution < 1.29 is 9.50 Å². The normalized spacial score (nSPS) is 18.0. The van der Waals surface area contributed by atoms with E-state index in [0.29, 0.717) is 5.69 Å². The highest BCUT2D eigenvalue weighted by atomic mass is 19.1. The van der Waals surface area contributed by atoms with Crippen LogP contribution in [0.3, 0.4) is 0 Å². The number of nitrogens with zero attached hydrogens (tertiary/aromatic N) is 2. The first-order chi connectivity index (χ1) is 10.2. The van der Waals surface area contributed by atoms with E-state index >= 15 is 0 Å². The predicted octanol–water partition coefficient (Wildman–Crippen LogP) is 1.31. The minimum Gasteiger partial charge on any atom is -0.395 e. The fourth-order valence-corrected chi connectivity index (χ4v) is 2.73. The summed E-state index contributed by atoms with van der Waals surface area (Å²) < 4.78 is 13.8. The highest BCUT2D eigenvalue weighted by molar-refractivity contribution is 5.47. The second kappa shape index (κ2) is 8.32. The van der Waals surface area contributed by atoms with Gasteiger partial charge in [0.2, 0.25) is 0 Å². The third kappa shape index (κ3) is 4.66. The number of anilines is 1. The van der Waals surface area contributed by atoms with Crippen LogP contribution in [0, 0.1) is 5.82 Å². The zero-order valence-electron chi connectivity index (χ0n) is 12.8. The van der Waals surface area contributed by atoms with Gasteiger partial charge in [0.1, 0.15) is 5.82 Å². The van der Waals surface area contributed by atoms with Crippen LogP contribution in [0.25, 0.3) is 0 Å². The standard InChI is InChI=1S/C16H26FN3O/c1-2-7-18-14(13-21)12-19-8-10-20(11-9-19)16-6-4-3-5-15(16)17/h3-6,14,18,21H,2,7-13H2,1H3. The van der Waals surface area contributed by atoms with Gasteiger partial charge in [0.25, 0.3) is 0 Å². The Balaban J connectivity index is 1.81. The molecule has 1 aromatic carbocycles. The van der Waals surface area contributed by atoms with E-state index in [4.69, 9.17) is 0 Å². The number of aliphatic hydroxyl groups is 1. The fraction of sp³-hybridized carbons (Fsp3) is 0.625. The Hall–Kier alpha value is -1.17. The molecule has 4 nitrogen and oxygen atoms in total. The van der Waals surface area contributed by atoms with Crippen molar-refractivity contribution in [2.75, 3.05) is 50.8 Å². The van der Waals surface area contributed by atoms with Gasteiger partial charge >= 0.3 is 0 Å². The van der Waals surface area contributed by atoms with Gasteiger partial charge in [-0.15, -0.1) is 0 Å². The lowest BCUT2D eigenvalue weighted by Gasteiger charge is -2.37. The lowest BCUT2D eigenvalue weighted by atomic mass is 10.2. The Morgan fingerprint density at radius 3 is 2.57 bits per heavy atom. The Kier molecular flexibility index (Phi) is 6.42. The second-order valence-corrected chi connectivity index (χ2v) is 5.57. The van der Waals surface area contributed by atoms with Gasteiger partial charge < -0.3 is 15.3 Å². The molecule has 2 N–H and O–H groups in total. The summed E-state index contributed by atoms with van der Waals surface area (Å²) in [4.78, 5) is 4.43. The molecule has 0 aromatic heterocycles. The van der Waals surface area contributed by atoms with Crippen molar-refractivity contribution >= 4 is 5.69 Å². The van der Waals surface area contributed by atoms with Gasteiger partial charge in [0.05, 0.1) is 12.3 Å². The molecular formula is C16H26FN3O. The van der Waals surface area contributed by atoms with Crippen LogP contribution in [0.2, 0.25) is 0 Å². The summed E-state index contributed by atoms with van der Waals surface area (Å²) in [7, 11) is 0. The maximum atomic E-state index is 13.8. The Morgan fingerprint density at radius 1 is 1.24 bits per heavy atom. The SMILES string of the molecule is CCCNC(CO)CN1CCN(c2ccccc2F)CC1. The molecule has 118 valence electrons. The van der Waals surface area contributed by atoms with Crippen molar-refractivity contribution in [2.45, 2.75) is 19.4 Å². The topological polar surface area (TPSA) is 38.7 Å². The lowest BCUT2D eigenvalue weighted by Crippen LogP contribution is -2.51. The summed E-state index contributed by atoms with van der Waals surface area (Å²) in [5, 5.41) is 12.8. The number of hydrogen-bond donors (Lipinski definition) is 2.